The van der Waals surface area contributed by atoms with E-state index in [-0.39, 0.29) is 12.3 Å². The number of aliphatic hydroxyl groups is 1. The molecule has 10 aromatic rings. The summed E-state index contributed by atoms with van der Waals surface area (Å²) in [5.41, 5.74) is 10.7. The van der Waals surface area contributed by atoms with E-state index in [0.29, 0.717) is 35.9 Å². The summed E-state index contributed by atoms with van der Waals surface area (Å²) in [4.78, 5) is 34.9. The number of ether oxygens (including phenoxy) is 2. The summed E-state index contributed by atoms with van der Waals surface area (Å²) in [6.07, 6.45) is 14.1. The summed E-state index contributed by atoms with van der Waals surface area (Å²) in [6.45, 7) is 6.20. The van der Waals surface area contributed by atoms with Gasteiger partial charge in [0.25, 0.3) is 0 Å². The Morgan fingerprint density at radius 1 is 0.612 bits per heavy atom. The maximum atomic E-state index is 12.3. The molecule has 336 valence electrons. The molecule has 0 unspecified atom stereocenters. The van der Waals surface area contributed by atoms with Crippen molar-refractivity contribution in [2.75, 3.05) is 73.0 Å². The molecule has 2 fully saturated rings. The first-order chi connectivity index (χ1) is 33.0. The Morgan fingerprint density at radius 3 is 1.63 bits per heavy atom. The van der Waals surface area contributed by atoms with E-state index in [9.17, 15) is 15.0 Å². The summed E-state index contributed by atoms with van der Waals surface area (Å²) in [6, 6.07) is 23.6. The summed E-state index contributed by atoms with van der Waals surface area (Å²) in [5, 5.41) is 43.1. The molecule has 8 aromatic heterocycles. The number of rotatable bonds is 10. The van der Waals surface area contributed by atoms with Crippen molar-refractivity contribution >= 4 is 73.5 Å². The fourth-order valence-electron chi connectivity index (χ4n) is 8.69. The number of carboxylic acids is 1. The fourth-order valence-corrected chi connectivity index (χ4v) is 8.69. The van der Waals surface area contributed by atoms with Gasteiger partial charge in [0.1, 0.15) is 17.3 Å². The number of benzene rings is 2. The van der Waals surface area contributed by atoms with Gasteiger partial charge in [-0.1, -0.05) is 24.3 Å². The van der Waals surface area contributed by atoms with Crippen molar-refractivity contribution in [1.82, 2.24) is 49.1 Å². The number of nitrogens with one attached hydrogen (secondary N) is 4. The fraction of sp³-hybridized carbons (Fsp3) is 0.188. The Hall–Kier alpha value is -8.39. The second kappa shape index (κ2) is 17.9. The zero-order valence-corrected chi connectivity index (χ0v) is 36.0. The number of nitrogens with zero attached hydrogens (tertiary/aromatic N) is 10. The summed E-state index contributed by atoms with van der Waals surface area (Å²) < 4.78 is 14.4. The van der Waals surface area contributed by atoms with Gasteiger partial charge in [-0.3, -0.25) is 19.0 Å². The average Bonchev–Trinajstić information content (AvgIpc) is 4.23. The molecule has 2 aromatic carbocycles. The van der Waals surface area contributed by atoms with Gasteiger partial charge >= 0.3 is 5.97 Å². The Balaban J connectivity index is 0.000000148. The minimum Gasteiger partial charge on any atom is -0.477 e. The zero-order valence-electron chi connectivity index (χ0n) is 36.0. The van der Waals surface area contributed by atoms with E-state index in [1.54, 1.807) is 41.5 Å². The third-order valence-electron chi connectivity index (χ3n) is 12.1. The zero-order chi connectivity index (χ0) is 45.3. The lowest BCUT2D eigenvalue weighted by Crippen LogP contribution is -2.36. The molecule has 0 saturated carbocycles. The molecule has 6 N–H and O–H groups in total. The van der Waals surface area contributed by atoms with Gasteiger partial charge in [0.05, 0.1) is 97.3 Å². The number of H-pyrrole nitrogens is 2. The molecular formula is C48H44N14O5. The van der Waals surface area contributed by atoms with E-state index >= 15 is 0 Å². The Bertz CT molecular complexity index is 3370. The first-order valence-corrected chi connectivity index (χ1v) is 21.8. The van der Waals surface area contributed by atoms with Crippen LogP contribution in [0.15, 0.2) is 122 Å². The lowest BCUT2D eigenvalue weighted by molar-refractivity contribution is 0.0689. The number of aromatic amines is 2. The van der Waals surface area contributed by atoms with Crippen LogP contribution in [0.4, 0.5) is 34.4 Å². The normalized spacial score (nSPS) is 14.2. The first kappa shape index (κ1) is 41.3. The highest BCUT2D eigenvalue weighted by atomic mass is 16.5. The number of fused-ring (bicyclic) bond motifs is 4. The minimum absolute atomic E-state index is 0.115. The van der Waals surface area contributed by atoms with Gasteiger partial charge in [-0.2, -0.15) is 10.2 Å². The van der Waals surface area contributed by atoms with Crippen LogP contribution in [0.5, 0.6) is 0 Å². The van der Waals surface area contributed by atoms with Gasteiger partial charge in [-0.05, 0) is 59.7 Å². The molecule has 0 atom stereocenters. The number of pyridine rings is 4. The number of aliphatic hydroxyl groups excluding tert-OH is 1. The van der Waals surface area contributed by atoms with E-state index in [1.165, 1.54) is 0 Å². The largest absolute Gasteiger partial charge is 0.477 e. The highest BCUT2D eigenvalue weighted by molar-refractivity contribution is 5.99. The van der Waals surface area contributed by atoms with Crippen LogP contribution in [0, 0.1) is 0 Å². The molecule has 10 heterocycles. The van der Waals surface area contributed by atoms with Crippen molar-refractivity contribution < 1.29 is 24.5 Å². The van der Waals surface area contributed by atoms with Crippen LogP contribution in [0.25, 0.3) is 55.4 Å². The number of carboxylic acid groups (broad SMARTS) is 1. The number of anilines is 6. The van der Waals surface area contributed by atoms with E-state index in [1.807, 2.05) is 83.7 Å². The number of aromatic carboxylic acids is 1. The van der Waals surface area contributed by atoms with Crippen LogP contribution in [0.3, 0.4) is 0 Å². The number of hydrogen-bond donors (Lipinski definition) is 6. The predicted molar refractivity (Wildman–Crippen MR) is 255 cm³/mol. The molecule has 2 aliphatic rings. The topological polar surface area (TPSA) is 224 Å². The smallest absolute Gasteiger partial charge is 0.353 e. The van der Waals surface area contributed by atoms with Crippen molar-refractivity contribution in [3.05, 3.63) is 134 Å². The van der Waals surface area contributed by atoms with E-state index in [2.05, 4.69) is 66.8 Å². The number of morpholine rings is 2. The summed E-state index contributed by atoms with van der Waals surface area (Å²) in [5.74, 6) is 0.325. The first-order valence-electron chi connectivity index (χ1n) is 21.8. The molecule has 19 nitrogen and oxygen atoms in total. The lowest BCUT2D eigenvalue weighted by Gasteiger charge is -2.28. The van der Waals surface area contributed by atoms with E-state index in [0.717, 1.165) is 112 Å². The second-order valence-corrected chi connectivity index (χ2v) is 16.0. The monoisotopic (exact) mass is 896 g/mol. The molecule has 0 radical (unpaired) electrons. The molecule has 2 saturated heterocycles. The standard InChI is InChI=1S/C24H21N7O3.C24H23N7O2/c32-24(33)22-18(15-1-2-16-13-27-29-19(16)11-15)12-20(23-25-5-6-31(22)23)28-21-4-3-17(14-26-21)30-7-9-34-10-8-30;32-15-22-19(16-1-2-17-13-27-29-20(17)11-16)12-21(24-25-5-6-31(22)24)28-23-4-3-18(14-26-23)30-7-9-33-10-8-30/h1-6,11-14H,7-10H2,(H,26,28)(H,27,29)(H,32,33);1-6,11-14,32H,7-10,15H2,(H,26,28)(H,27,29). The SMILES string of the molecule is O=C(O)c1c(-c2ccc3cn[nH]c3c2)cc(Nc2ccc(N3CCOCC3)cn2)c2nccn12.OCc1c(-c2ccc3cn[nH]c3c2)cc(Nc2ccc(N3CCOCC3)cn2)c2nccn12. The van der Waals surface area contributed by atoms with Crippen molar-refractivity contribution in [2.24, 2.45) is 0 Å². The number of imidazole rings is 2. The summed E-state index contributed by atoms with van der Waals surface area (Å²) in [7, 11) is 0. The van der Waals surface area contributed by atoms with Crippen molar-refractivity contribution in [3.8, 4) is 22.3 Å². The molecule has 12 rings (SSSR count). The summed E-state index contributed by atoms with van der Waals surface area (Å²) >= 11 is 0. The maximum Gasteiger partial charge on any atom is 0.353 e. The van der Waals surface area contributed by atoms with Gasteiger partial charge in [0.2, 0.25) is 0 Å². The molecular weight excluding hydrogens is 853 g/mol. The molecule has 19 heteroatoms. The van der Waals surface area contributed by atoms with Gasteiger partial charge in [0, 0.05) is 72.9 Å². The van der Waals surface area contributed by atoms with Crippen LogP contribution in [0.1, 0.15) is 16.2 Å². The number of carbonyl (C=O) groups is 1. The average molecular weight is 897 g/mol. The van der Waals surface area contributed by atoms with Crippen molar-refractivity contribution in [1.29, 1.82) is 0 Å². The molecule has 0 aliphatic carbocycles. The van der Waals surface area contributed by atoms with Crippen LogP contribution < -0.4 is 20.4 Å². The highest BCUT2D eigenvalue weighted by Crippen LogP contribution is 2.35. The second-order valence-electron chi connectivity index (χ2n) is 16.0. The van der Waals surface area contributed by atoms with Crippen LogP contribution in [-0.2, 0) is 16.1 Å². The Kier molecular flexibility index (Phi) is 11.0. The third kappa shape index (κ3) is 8.18. The van der Waals surface area contributed by atoms with Crippen LogP contribution >= 0.6 is 0 Å². The Morgan fingerprint density at radius 2 is 1.12 bits per heavy atom. The molecule has 2 aliphatic heterocycles. The predicted octanol–water partition coefficient (Wildman–Crippen LogP) is 6.90. The van der Waals surface area contributed by atoms with E-state index < -0.39 is 5.97 Å². The van der Waals surface area contributed by atoms with Crippen molar-refractivity contribution in [3.63, 3.8) is 0 Å². The number of aromatic nitrogens is 10. The third-order valence-corrected chi connectivity index (χ3v) is 12.1. The Labute approximate surface area is 381 Å². The van der Waals surface area contributed by atoms with Gasteiger partial charge in [-0.25, -0.2) is 24.7 Å². The minimum atomic E-state index is -1.04. The van der Waals surface area contributed by atoms with Crippen molar-refractivity contribution in [2.45, 2.75) is 6.61 Å². The number of hydrogen-bond acceptors (Lipinski definition) is 14. The molecule has 0 spiro atoms. The van der Waals surface area contributed by atoms with Gasteiger partial charge in [0.15, 0.2) is 11.3 Å². The van der Waals surface area contributed by atoms with E-state index in [4.69, 9.17) is 9.47 Å². The molecule has 67 heavy (non-hydrogen) atoms. The highest BCUT2D eigenvalue weighted by Gasteiger charge is 2.22. The molecule has 0 amide bonds. The lowest BCUT2D eigenvalue weighted by atomic mass is 10.0. The van der Waals surface area contributed by atoms with Crippen LogP contribution in [-0.4, -0.2) is 118 Å². The maximum absolute atomic E-state index is 12.3. The molecule has 0 bridgehead atoms. The van der Waals surface area contributed by atoms with Gasteiger partial charge in [-0.15, -0.1) is 0 Å². The van der Waals surface area contributed by atoms with Crippen LogP contribution in [0.2, 0.25) is 0 Å². The quantitative estimate of drug-likeness (QED) is 0.0822. The van der Waals surface area contributed by atoms with Gasteiger partial charge < -0.3 is 40.1 Å².